The molecule has 2 aromatic rings. The number of nitriles is 1. The van der Waals surface area contributed by atoms with Crippen LogP contribution in [0, 0.1) is 17.4 Å². The number of aromatic nitrogens is 1. The average molecular weight is 586 g/mol. The second kappa shape index (κ2) is 11.4. The third-order valence-electron chi connectivity index (χ3n) is 7.85. The maximum Gasteiger partial charge on any atom is 0.330 e. The number of urea groups is 1. The van der Waals surface area contributed by atoms with Gasteiger partial charge < -0.3 is 9.80 Å². The Bertz CT molecular complexity index is 1160. The molecule has 1 aromatic heterocycles. The lowest BCUT2D eigenvalue weighted by Crippen LogP contribution is -2.50. The predicted octanol–water partition coefficient (Wildman–Crippen LogP) is 4.12. The minimum atomic E-state index is -0.353. The summed E-state index contributed by atoms with van der Waals surface area (Å²) in [5.41, 5.74) is 4.86. The van der Waals surface area contributed by atoms with Gasteiger partial charge in [-0.2, -0.15) is 5.26 Å². The van der Waals surface area contributed by atoms with E-state index in [4.69, 9.17) is 21.8 Å². The summed E-state index contributed by atoms with van der Waals surface area (Å²) < 4.78 is 0.987. The minimum Gasteiger partial charge on any atom is -0.340 e. The van der Waals surface area contributed by atoms with Gasteiger partial charge >= 0.3 is 6.03 Å². The summed E-state index contributed by atoms with van der Waals surface area (Å²) in [6.45, 7) is 4.09. The molecule has 0 saturated carbocycles. The van der Waals surface area contributed by atoms with Crippen molar-refractivity contribution in [1.29, 1.82) is 5.26 Å². The molecule has 1 atom stereocenters. The highest BCUT2D eigenvalue weighted by molar-refractivity contribution is 9.10. The number of nitrogens with one attached hydrogen (secondary N) is 1. The molecule has 1 N–H and O–H groups in total. The molecule has 194 valence electrons. The Kier molecular flexibility index (Phi) is 7.98. The zero-order valence-electron chi connectivity index (χ0n) is 20.6. The van der Waals surface area contributed by atoms with E-state index < -0.39 is 0 Å². The first-order valence-corrected chi connectivity index (χ1v) is 14.0. The van der Waals surface area contributed by atoms with Crippen LogP contribution in [0.4, 0.5) is 4.79 Å². The molecule has 3 aliphatic rings. The smallest absolute Gasteiger partial charge is 0.330 e. The number of piperidine rings is 1. The molecule has 3 heterocycles. The number of carbonyl (C=O) groups excluding carboxylic acids is 2. The van der Waals surface area contributed by atoms with E-state index in [0.29, 0.717) is 32.6 Å². The summed E-state index contributed by atoms with van der Waals surface area (Å²) in [6.07, 6.45) is 7.47. The van der Waals surface area contributed by atoms with E-state index in [-0.39, 0.29) is 23.9 Å². The number of likely N-dealkylation sites (tertiary alicyclic amines) is 1. The summed E-state index contributed by atoms with van der Waals surface area (Å²) in [6, 6.07) is 8.06. The van der Waals surface area contributed by atoms with Gasteiger partial charge in [-0.1, -0.05) is 17.7 Å². The lowest BCUT2D eigenvalue weighted by molar-refractivity contribution is -0.134. The van der Waals surface area contributed by atoms with Crippen molar-refractivity contribution in [2.24, 2.45) is 5.92 Å². The molecule has 1 unspecified atom stereocenters. The number of hydrogen-bond acceptors (Lipinski definition) is 5. The Labute approximate surface area is 230 Å². The molecule has 10 heteroatoms. The number of aryl methyl sites for hydroxylation is 2. The van der Waals surface area contributed by atoms with E-state index in [1.54, 1.807) is 11.1 Å². The largest absolute Gasteiger partial charge is 0.340 e. The molecule has 1 aromatic carbocycles. The molecule has 2 saturated heterocycles. The van der Waals surface area contributed by atoms with Crippen LogP contribution in [0.3, 0.4) is 0 Å². The molecular weight excluding hydrogens is 556 g/mol. The lowest BCUT2D eigenvalue weighted by Gasteiger charge is -2.40. The molecule has 8 nitrogen and oxygen atoms in total. The van der Waals surface area contributed by atoms with Gasteiger partial charge in [-0.25, -0.2) is 10.1 Å². The van der Waals surface area contributed by atoms with E-state index >= 15 is 0 Å². The molecule has 0 spiro atoms. The number of piperazine rings is 1. The standard InChI is InChI=1S/C27H30BrClN6O2/c28-21-14-20-2-1-19-15-22(29)3-4-23(19)26(25(20)31-16-21)34-11-9-33(10-12-34)24(36)13-18-5-7-35(8-6-18)27(37)32-17-30/h3-4,14-16,18,26H,1-2,5-13H2,(H,32,37). The normalized spacial score (nSPS) is 20.4. The molecule has 3 amide bonds. The Balaban J connectivity index is 1.23. The summed E-state index contributed by atoms with van der Waals surface area (Å²) in [5.74, 6) is 0.458. The molecule has 0 radical (unpaired) electrons. The molecular formula is C27H30BrClN6O2. The molecule has 2 aliphatic heterocycles. The van der Waals surface area contributed by atoms with Crippen molar-refractivity contribution < 1.29 is 9.59 Å². The third kappa shape index (κ3) is 5.77. The maximum absolute atomic E-state index is 13.1. The van der Waals surface area contributed by atoms with Crippen LogP contribution in [-0.2, 0) is 17.6 Å². The summed E-state index contributed by atoms with van der Waals surface area (Å²) >= 11 is 9.94. The van der Waals surface area contributed by atoms with E-state index in [1.165, 1.54) is 16.7 Å². The van der Waals surface area contributed by atoms with Crippen molar-refractivity contribution in [1.82, 2.24) is 25.0 Å². The SMILES string of the molecule is N#CNC(=O)N1CCC(CC(=O)N2CCN(C3c4ccc(Cl)cc4CCc4cc(Br)cnc43)CC2)CC1. The van der Waals surface area contributed by atoms with Crippen LogP contribution in [0.5, 0.6) is 0 Å². The first kappa shape index (κ1) is 26.0. The van der Waals surface area contributed by atoms with Crippen molar-refractivity contribution in [2.75, 3.05) is 39.3 Å². The van der Waals surface area contributed by atoms with Crippen LogP contribution in [0.2, 0.25) is 5.02 Å². The van der Waals surface area contributed by atoms with E-state index in [0.717, 1.165) is 54.0 Å². The Morgan fingerprint density at radius 1 is 1.05 bits per heavy atom. The quantitative estimate of drug-likeness (QED) is 0.432. The van der Waals surface area contributed by atoms with Crippen molar-refractivity contribution in [3.05, 3.63) is 62.3 Å². The fourth-order valence-corrected chi connectivity index (χ4v) is 6.43. The van der Waals surface area contributed by atoms with Crippen molar-refractivity contribution in [3.8, 4) is 6.19 Å². The number of carbonyl (C=O) groups is 2. The third-order valence-corrected chi connectivity index (χ3v) is 8.52. The van der Waals surface area contributed by atoms with Crippen LogP contribution < -0.4 is 5.32 Å². The Hall–Kier alpha value is -2.67. The maximum atomic E-state index is 13.1. The molecule has 1 aliphatic carbocycles. The number of pyridine rings is 1. The van der Waals surface area contributed by atoms with Crippen LogP contribution in [0.1, 0.15) is 47.7 Å². The molecule has 2 fully saturated rings. The fourth-order valence-electron chi connectivity index (χ4n) is 5.85. The van der Waals surface area contributed by atoms with Crippen LogP contribution in [0.25, 0.3) is 0 Å². The summed E-state index contributed by atoms with van der Waals surface area (Å²) in [5, 5.41) is 11.6. The zero-order chi connectivity index (χ0) is 25.9. The van der Waals surface area contributed by atoms with E-state index in [2.05, 4.69) is 44.3 Å². The van der Waals surface area contributed by atoms with Crippen LogP contribution in [-0.4, -0.2) is 70.9 Å². The van der Waals surface area contributed by atoms with Gasteiger partial charge in [-0.05, 0) is 82.4 Å². The van der Waals surface area contributed by atoms with Gasteiger partial charge in [0, 0.05) is 61.4 Å². The van der Waals surface area contributed by atoms with Gasteiger partial charge in [-0.15, -0.1) is 0 Å². The number of rotatable bonds is 3. The number of fused-ring (bicyclic) bond motifs is 2. The van der Waals surface area contributed by atoms with E-state index in [9.17, 15) is 9.59 Å². The monoisotopic (exact) mass is 584 g/mol. The van der Waals surface area contributed by atoms with Crippen LogP contribution in [0.15, 0.2) is 34.9 Å². The fraction of sp³-hybridized carbons (Fsp3) is 0.481. The van der Waals surface area contributed by atoms with Crippen molar-refractivity contribution in [3.63, 3.8) is 0 Å². The Morgan fingerprint density at radius 2 is 1.78 bits per heavy atom. The predicted molar refractivity (Wildman–Crippen MR) is 144 cm³/mol. The highest BCUT2D eigenvalue weighted by Crippen LogP contribution is 2.38. The second-order valence-electron chi connectivity index (χ2n) is 10.0. The zero-order valence-corrected chi connectivity index (χ0v) is 23.0. The van der Waals surface area contributed by atoms with Crippen LogP contribution >= 0.6 is 27.5 Å². The van der Waals surface area contributed by atoms with Crippen molar-refractivity contribution in [2.45, 2.75) is 38.1 Å². The summed E-state index contributed by atoms with van der Waals surface area (Å²) in [7, 11) is 0. The van der Waals surface area contributed by atoms with Gasteiger partial charge in [0.15, 0.2) is 6.19 Å². The van der Waals surface area contributed by atoms with Gasteiger partial charge in [0.2, 0.25) is 5.91 Å². The topological polar surface area (TPSA) is 92.6 Å². The lowest BCUT2D eigenvalue weighted by atomic mass is 9.93. The highest BCUT2D eigenvalue weighted by Gasteiger charge is 2.34. The number of nitrogens with zero attached hydrogens (tertiary/aromatic N) is 5. The summed E-state index contributed by atoms with van der Waals surface area (Å²) in [4.78, 5) is 35.9. The highest BCUT2D eigenvalue weighted by atomic mass is 79.9. The second-order valence-corrected chi connectivity index (χ2v) is 11.4. The van der Waals surface area contributed by atoms with Gasteiger partial charge in [0.05, 0.1) is 11.7 Å². The minimum absolute atomic E-state index is 0.0407. The van der Waals surface area contributed by atoms with Gasteiger partial charge in [0.1, 0.15) is 0 Å². The molecule has 5 rings (SSSR count). The molecule has 0 bridgehead atoms. The van der Waals surface area contributed by atoms with Gasteiger partial charge in [-0.3, -0.25) is 14.7 Å². The Morgan fingerprint density at radius 3 is 2.51 bits per heavy atom. The average Bonchev–Trinajstić information content (AvgIpc) is 3.05. The van der Waals surface area contributed by atoms with E-state index in [1.807, 2.05) is 17.2 Å². The number of halogens is 2. The number of amides is 3. The molecule has 37 heavy (non-hydrogen) atoms. The number of hydrogen-bond donors (Lipinski definition) is 1. The van der Waals surface area contributed by atoms with Gasteiger partial charge in [0.25, 0.3) is 0 Å². The first-order chi connectivity index (χ1) is 17.9. The number of benzene rings is 1. The van der Waals surface area contributed by atoms with Crippen molar-refractivity contribution >= 4 is 39.5 Å². The first-order valence-electron chi connectivity index (χ1n) is 12.8.